The number of rotatable bonds is 4. The van der Waals surface area contributed by atoms with E-state index in [2.05, 4.69) is 31.3 Å². The summed E-state index contributed by atoms with van der Waals surface area (Å²) in [7, 11) is 0. The summed E-state index contributed by atoms with van der Waals surface area (Å²) >= 11 is 3.29. The van der Waals surface area contributed by atoms with E-state index in [1.807, 2.05) is 6.92 Å². The molecule has 2 aromatic heterocycles. The second-order valence-electron chi connectivity index (χ2n) is 8.89. The van der Waals surface area contributed by atoms with E-state index in [1.54, 1.807) is 30.3 Å². The Kier molecular flexibility index (Phi) is 5.27. The molecule has 5 rings (SSSR count). The summed E-state index contributed by atoms with van der Waals surface area (Å²) in [6.07, 6.45) is 0.0905. The number of hydrogen-bond acceptors (Lipinski definition) is 3. The van der Waals surface area contributed by atoms with Gasteiger partial charge in [0.05, 0.1) is 10.2 Å². The number of carbonyl (C=O) groups is 1. The summed E-state index contributed by atoms with van der Waals surface area (Å²) in [4.78, 5) is 17.4. The molecule has 4 atom stereocenters. The molecule has 168 valence electrons. The molecule has 2 saturated carbocycles. The molecule has 0 saturated heterocycles. The summed E-state index contributed by atoms with van der Waals surface area (Å²) in [6, 6.07) is 9.51. The van der Waals surface area contributed by atoms with E-state index in [4.69, 9.17) is 0 Å². The van der Waals surface area contributed by atoms with Gasteiger partial charge in [0.1, 0.15) is 0 Å². The lowest BCUT2D eigenvalue weighted by molar-refractivity contribution is -0.142. The first-order valence-electron chi connectivity index (χ1n) is 10.7. The lowest BCUT2D eigenvalue weighted by atomic mass is 9.84. The van der Waals surface area contributed by atoms with Crippen LogP contribution in [0.25, 0.3) is 16.9 Å². The smallest absolute Gasteiger partial charge is 0.348 e. The van der Waals surface area contributed by atoms with Crippen molar-refractivity contribution in [3.8, 4) is 11.3 Å². The van der Waals surface area contributed by atoms with Crippen molar-refractivity contribution in [2.24, 2.45) is 17.8 Å². The van der Waals surface area contributed by atoms with Crippen molar-refractivity contribution in [3.05, 3.63) is 52.3 Å². The lowest BCUT2D eigenvalue weighted by Gasteiger charge is -2.28. The Labute approximate surface area is 191 Å². The molecular weight excluding hydrogens is 485 g/mol. The standard InChI is InChI=1S/C23H22BrF3N4O/c1-12(16-10-13-7-8-15(16)9-13)28-22(32)20-19(24)21-29-17(14-5-3-2-4-6-14)11-18(23(25,26)27)31(21)30-20/h2-6,11-13,15-16H,7-10H2,1H3,(H,28,32)/t12-,13+,15+,16-/m0/s1. The highest BCUT2D eigenvalue weighted by Crippen LogP contribution is 2.49. The predicted molar refractivity (Wildman–Crippen MR) is 117 cm³/mol. The van der Waals surface area contributed by atoms with Crippen molar-refractivity contribution in [1.82, 2.24) is 19.9 Å². The number of nitrogens with zero attached hydrogens (tertiary/aromatic N) is 3. The monoisotopic (exact) mass is 506 g/mol. The summed E-state index contributed by atoms with van der Waals surface area (Å²) in [5.74, 6) is 1.27. The Morgan fingerprint density at radius 1 is 1.22 bits per heavy atom. The molecule has 2 bridgehead atoms. The molecule has 32 heavy (non-hydrogen) atoms. The molecule has 0 unspecified atom stereocenters. The first-order chi connectivity index (χ1) is 15.2. The Morgan fingerprint density at radius 2 is 1.97 bits per heavy atom. The fraction of sp³-hybridized carbons (Fsp3) is 0.435. The van der Waals surface area contributed by atoms with Crippen LogP contribution < -0.4 is 5.32 Å². The van der Waals surface area contributed by atoms with E-state index in [1.165, 1.54) is 19.3 Å². The van der Waals surface area contributed by atoms with Crippen LogP contribution >= 0.6 is 15.9 Å². The number of alkyl halides is 3. The van der Waals surface area contributed by atoms with Crippen LogP contribution in [0.4, 0.5) is 13.2 Å². The molecule has 2 aliphatic carbocycles. The van der Waals surface area contributed by atoms with Crippen LogP contribution in [-0.4, -0.2) is 26.5 Å². The highest BCUT2D eigenvalue weighted by atomic mass is 79.9. The van der Waals surface area contributed by atoms with Gasteiger partial charge in [-0.25, -0.2) is 9.50 Å². The number of aromatic nitrogens is 3. The van der Waals surface area contributed by atoms with Gasteiger partial charge in [-0.1, -0.05) is 36.8 Å². The van der Waals surface area contributed by atoms with Crippen LogP contribution in [0.5, 0.6) is 0 Å². The van der Waals surface area contributed by atoms with Gasteiger partial charge in [-0.2, -0.15) is 18.3 Å². The third-order valence-electron chi connectivity index (χ3n) is 6.90. The molecule has 1 N–H and O–H groups in total. The van der Waals surface area contributed by atoms with Crippen molar-refractivity contribution in [3.63, 3.8) is 0 Å². The molecule has 1 aromatic carbocycles. The first-order valence-corrected chi connectivity index (χ1v) is 11.5. The van der Waals surface area contributed by atoms with Crippen LogP contribution in [0, 0.1) is 17.8 Å². The minimum absolute atomic E-state index is 0.0450. The minimum atomic E-state index is -4.67. The Bertz CT molecular complexity index is 1180. The van der Waals surface area contributed by atoms with Crippen LogP contribution in [0.3, 0.4) is 0 Å². The van der Waals surface area contributed by atoms with Gasteiger partial charge < -0.3 is 5.32 Å². The zero-order valence-electron chi connectivity index (χ0n) is 17.4. The van der Waals surface area contributed by atoms with E-state index in [9.17, 15) is 18.0 Å². The van der Waals surface area contributed by atoms with Crippen LogP contribution in [0.15, 0.2) is 40.9 Å². The largest absolute Gasteiger partial charge is 0.433 e. The molecule has 2 fully saturated rings. The molecule has 9 heteroatoms. The Morgan fingerprint density at radius 3 is 2.59 bits per heavy atom. The number of carbonyl (C=O) groups excluding carboxylic acids is 1. The molecular formula is C23H22BrF3N4O. The summed E-state index contributed by atoms with van der Waals surface area (Å²) in [5, 5.41) is 6.99. The van der Waals surface area contributed by atoms with Crippen LogP contribution in [0.2, 0.25) is 0 Å². The maximum absolute atomic E-state index is 13.9. The molecule has 1 amide bonds. The van der Waals surface area contributed by atoms with Crippen molar-refractivity contribution in [2.45, 2.75) is 44.8 Å². The maximum atomic E-state index is 13.9. The quantitative estimate of drug-likeness (QED) is 0.491. The van der Waals surface area contributed by atoms with Crippen molar-refractivity contribution >= 4 is 27.5 Å². The summed E-state index contributed by atoms with van der Waals surface area (Å²) in [6.45, 7) is 1.97. The molecule has 0 aliphatic heterocycles. The van der Waals surface area contributed by atoms with Crippen molar-refractivity contribution < 1.29 is 18.0 Å². The minimum Gasteiger partial charge on any atom is -0.348 e. The number of benzene rings is 1. The molecule has 2 aliphatic rings. The van der Waals surface area contributed by atoms with E-state index in [0.717, 1.165) is 18.4 Å². The number of fused-ring (bicyclic) bond motifs is 3. The normalized spacial score (nSPS) is 23.6. The second-order valence-corrected chi connectivity index (χ2v) is 9.68. The number of hydrogen-bond donors (Lipinski definition) is 1. The van der Waals surface area contributed by atoms with E-state index in [-0.39, 0.29) is 27.5 Å². The van der Waals surface area contributed by atoms with Gasteiger partial charge in [0.25, 0.3) is 5.91 Å². The van der Waals surface area contributed by atoms with Gasteiger partial charge in [-0.3, -0.25) is 4.79 Å². The SMILES string of the molecule is C[C@H](NC(=O)c1nn2c(C(F)(F)F)cc(-c3ccccc3)nc2c1Br)[C@@H]1C[C@@H]2CC[C@@H]1C2. The fourth-order valence-corrected chi connectivity index (χ4v) is 5.90. The fourth-order valence-electron chi connectivity index (χ4n) is 5.38. The van der Waals surface area contributed by atoms with E-state index in [0.29, 0.717) is 21.9 Å². The average Bonchev–Trinajstić information content (AvgIpc) is 3.48. The van der Waals surface area contributed by atoms with Crippen LogP contribution in [0.1, 0.15) is 48.8 Å². The van der Waals surface area contributed by atoms with Crippen LogP contribution in [-0.2, 0) is 6.18 Å². The number of nitrogens with one attached hydrogen (secondary N) is 1. The van der Waals surface area contributed by atoms with Gasteiger partial charge in [-0.15, -0.1) is 0 Å². The van der Waals surface area contributed by atoms with E-state index >= 15 is 0 Å². The first kappa shape index (κ1) is 21.4. The third kappa shape index (κ3) is 3.70. The molecule has 0 radical (unpaired) electrons. The summed E-state index contributed by atoms with van der Waals surface area (Å²) < 4.78 is 42.4. The van der Waals surface area contributed by atoms with Gasteiger partial charge in [0.2, 0.25) is 0 Å². The maximum Gasteiger partial charge on any atom is 0.433 e. The Hall–Kier alpha value is -2.42. The molecule has 0 spiro atoms. The van der Waals surface area contributed by atoms with Gasteiger partial charge in [0.15, 0.2) is 17.0 Å². The van der Waals surface area contributed by atoms with Gasteiger partial charge in [0, 0.05) is 11.6 Å². The highest BCUT2D eigenvalue weighted by Gasteiger charge is 2.42. The van der Waals surface area contributed by atoms with Crippen molar-refractivity contribution in [1.29, 1.82) is 0 Å². The average molecular weight is 507 g/mol. The van der Waals surface area contributed by atoms with Gasteiger partial charge in [-0.05, 0) is 65.9 Å². The van der Waals surface area contributed by atoms with E-state index < -0.39 is 17.8 Å². The topological polar surface area (TPSA) is 59.3 Å². The molecule has 3 aromatic rings. The zero-order chi connectivity index (χ0) is 22.6. The highest BCUT2D eigenvalue weighted by molar-refractivity contribution is 9.10. The number of amides is 1. The third-order valence-corrected chi connectivity index (χ3v) is 7.63. The molecule has 5 nitrogen and oxygen atoms in total. The predicted octanol–water partition coefficient (Wildman–Crippen LogP) is 5.73. The van der Waals surface area contributed by atoms with Crippen molar-refractivity contribution in [2.75, 3.05) is 0 Å². The van der Waals surface area contributed by atoms with Gasteiger partial charge >= 0.3 is 6.18 Å². The second kappa shape index (κ2) is 7.86. The number of halogens is 4. The summed E-state index contributed by atoms with van der Waals surface area (Å²) in [5.41, 5.74) is -0.417. The Balaban J connectivity index is 1.51. The lowest BCUT2D eigenvalue weighted by Crippen LogP contribution is -2.40. The molecule has 2 heterocycles. The zero-order valence-corrected chi connectivity index (χ0v) is 18.9.